The van der Waals surface area contributed by atoms with E-state index in [2.05, 4.69) is 0 Å². The van der Waals surface area contributed by atoms with Crippen molar-refractivity contribution in [3.05, 3.63) is 29.3 Å². The third-order valence-corrected chi connectivity index (χ3v) is 4.64. The number of carboxylic acid groups (broad SMARTS) is 1. The van der Waals surface area contributed by atoms with Gasteiger partial charge in [-0.25, -0.2) is 9.18 Å². The molecular weight excluding hydrogens is 351 g/mol. The standard InChI is InChI=1S/C16H17F5O4/c1-4-24-12-8(5-6-9(17)11(12)18)10-7(2)15(3,16(19,20)21)25-13(10)14(22)23/h5-7,10,13H,4H2,1-3H3,(H,22,23). The van der Waals surface area contributed by atoms with Crippen molar-refractivity contribution in [2.45, 2.75) is 44.6 Å². The van der Waals surface area contributed by atoms with Gasteiger partial charge in [-0.1, -0.05) is 13.0 Å². The quantitative estimate of drug-likeness (QED) is 0.820. The molecule has 1 fully saturated rings. The molecule has 0 amide bonds. The van der Waals surface area contributed by atoms with Gasteiger partial charge < -0.3 is 14.6 Å². The number of halogens is 5. The van der Waals surface area contributed by atoms with Crippen LogP contribution in [-0.2, 0) is 9.53 Å². The molecule has 0 spiro atoms. The van der Waals surface area contributed by atoms with Gasteiger partial charge in [0.2, 0.25) is 5.82 Å². The van der Waals surface area contributed by atoms with Crippen LogP contribution >= 0.6 is 0 Å². The Hall–Kier alpha value is -1.90. The van der Waals surface area contributed by atoms with Gasteiger partial charge in [-0.05, 0) is 19.9 Å². The number of hydrogen-bond donors (Lipinski definition) is 1. The van der Waals surface area contributed by atoms with Crippen LogP contribution in [0.4, 0.5) is 22.0 Å². The molecule has 1 aliphatic heterocycles. The van der Waals surface area contributed by atoms with Crippen molar-refractivity contribution in [3.8, 4) is 5.75 Å². The van der Waals surface area contributed by atoms with Crippen LogP contribution < -0.4 is 4.74 Å². The molecule has 1 saturated heterocycles. The van der Waals surface area contributed by atoms with Gasteiger partial charge in [0.05, 0.1) is 6.61 Å². The first-order chi connectivity index (χ1) is 11.5. The summed E-state index contributed by atoms with van der Waals surface area (Å²) < 4.78 is 77.8. The van der Waals surface area contributed by atoms with Crippen LogP contribution in [0.5, 0.6) is 5.75 Å². The van der Waals surface area contributed by atoms with Crippen molar-refractivity contribution in [1.29, 1.82) is 0 Å². The van der Waals surface area contributed by atoms with E-state index in [9.17, 15) is 31.9 Å². The largest absolute Gasteiger partial charge is 0.490 e. The minimum atomic E-state index is -4.85. The first-order valence-corrected chi connectivity index (χ1v) is 7.53. The number of ether oxygens (including phenoxy) is 2. The Morgan fingerprint density at radius 2 is 1.96 bits per heavy atom. The van der Waals surface area contributed by atoms with Gasteiger partial charge in [0, 0.05) is 17.4 Å². The van der Waals surface area contributed by atoms with Crippen molar-refractivity contribution in [2.24, 2.45) is 5.92 Å². The number of aliphatic carboxylic acids is 1. The van der Waals surface area contributed by atoms with E-state index in [1.807, 2.05) is 0 Å². The molecule has 4 unspecified atom stereocenters. The summed E-state index contributed by atoms with van der Waals surface area (Å²) in [7, 11) is 0. The first kappa shape index (κ1) is 19.4. The average molecular weight is 368 g/mol. The topological polar surface area (TPSA) is 55.8 Å². The molecule has 4 atom stereocenters. The summed E-state index contributed by atoms with van der Waals surface area (Å²) in [6.07, 6.45) is -6.73. The highest BCUT2D eigenvalue weighted by molar-refractivity contribution is 5.75. The Morgan fingerprint density at radius 1 is 1.36 bits per heavy atom. The van der Waals surface area contributed by atoms with Crippen molar-refractivity contribution in [2.75, 3.05) is 6.61 Å². The Balaban J connectivity index is 2.64. The molecule has 0 bridgehead atoms. The second-order valence-corrected chi connectivity index (χ2v) is 6.01. The lowest BCUT2D eigenvalue weighted by Gasteiger charge is -2.32. The number of carbonyl (C=O) groups is 1. The Bertz CT molecular complexity index is 675. The maximum atomic E-state index is 14.1. The molecule has 25 heavy (non-hydrogen) atoms. The fourth-order valence-electron chi connectivity index (χ4n) is 3.11. The molecule has 1 aromatic carbocycles. The summed E-state index contributed by atoms with van der Waals surface area (Å²) in [5.41, 5.74) is -2.93. The summed E-state index contributed by atoms with van der Waals surface area (Å²) >= 11 is 0. The number of rotatable bonds is 4. The molecule has 0 aromatic heterocycles. The number of hydrogen-bond acceptors (Lipinski definition) is 3. The molecule has 1 aliphatic rings. The highest BCUT2D eigenvalue weighted by Gasteiger charge is 2.66. The van der Waals surface area contributed by atoms with E-state index in [0.717, 1.165) is 26.0 Å². The molecule has 0 saturated carbocycles. The molecule has 1 N–H and O–H groups in total. The molecule has 9 heteroatoms. The predicted octanol–water partition coefficient (Wildman–Crippen LogP) is 3.89. The summed E-state index contributed by atoms with van der Waals surface area (Å²) in [6, 6.07) is 1.76. The zero-order chi connectivity index (χ0) is 19.2. The average Bonchev–Trinajstić information content (AvgIpc) is 2.78. The summed E-state index contributed by atoms with van der Waals surface area (Å²) in [5, 5.41) is 9.30. The molecule has 1 heterocycles. The van der Waals surface area contributed by atoms with E-state index >= 15 is 0 Å². The fraction of sp³-hybridized carbons (Fsp3) is 0.562. The van der Waals surface area contributed by atoms with Crippen LogP contribution in [0.1, 0.15) is 32.3 Å². The fourth-order valence-corrected chi connectivity index (χ4v) is 3.11. The maximum Gasteiger partial charge on any atom is 0.417 e. The third kappa shape index (κ3) is 3.05. The minimum absolute atomic E-state index is 0.0798. The number of benzene rings is 1. The molecule has 0 radical (unpaired) electrons. The van der Waals surface area contributed by atoms with E-state index in [1.54, 1.807) is 0 Å². The highest BCUT2D eigenvalue weighted by atomic mass is 19.4. The zero-order valence-corrected chi connectivity index (χ0v) is 13.7. The normalized spacial score (nSPS) is 29.7. The molecule has 4 nitrogen and oxygen atoms in total. The molecule has 2 rings (SSSR count). The van der Waals surface area contributed by atoms with Gasteiger partial charge in [0.15, 0.2) is 23.3 Å². The van der Waals surface area contributed by atoms with Crippen LogP contribution in [0.25, 0.3) is 0 Å². The zero-order valence-electron chi connectivity index (χ0n) is 13.7. The van der Waals surface area contributed by atoms with Crippen LogP contribution in [0.2, 0.25) is 0 Å². The van der Waals surface area contributed by atoms with Crippen LogP contribution in [-0.4, -0.2) is 35.6 Å². The molecule has 1 aromatic rings. The second kappa shape index (κ2) is 6.44. The van der Waals surface area contributed by atoms with E-state index in [1.165, 1.54) is 6.92 Å². The van der Waals surface area contributed by atoms with Crippen LogP contribution in [0.3, 0.4) is 0 Å². The lowest BCUT2D eigenvalue weighted by molar-refractivity contribution is -0.273. The number of alkyl halides is 3. The monoisotopic (exact) mass is 368 g/mol. The van der Waals surface area contributed by atoms with Crippen molar-refractivity contribution in [1.82, 2.24) is 0 Å². The Kier molecular flexibility index (Phi) is 5.00. The summed E-state index contributed by atoms with van der Waals surface area (Å²) in [5.74, 6) is -7.60. The predicted molar refractivity (Wildman–Crippen MR) is 76.4 cm³/mol. The Morgan fingerprint density at radius 3 is 2.44 bits per heavy atom. The van der Waals surface area contributed by atoms with Crippen molar-refractivity contribution in [3.63, 3.8) is 0 Å². The third-order valence-electron chi connectivity index (χ3n) is 4.64. The van der Waals surface area contributed by atoms with E-state index in [0.29, 0.717) is 0 Å². The SMILES string of the molecule is CCOc1c(C2C(C(=O)O)OC(C)(C(F)(F)F)C2C)ccc(F)c1F. The van der Waals surface area contributed by atoms with Crippen LogP contribution in [0.15, 0.2) is 12.1 Å². The van der Waals surface area contributed by atoms with Gasteiger partial charge in [-0.15, -0.1) is 0 Å². The van der Waals surface area contributed by atoms with Gasteiger partial charge >= 0.3 is 12.1 Å². The van der Waals surface area contributed by atoms with Crippen molar-refractivity contribution >= 4 is 5.97 Å². The first-order valence-electron chi connectivity index (χ1n) is 7.53. The second-order valence-electron chi connectivity index (χ2n) is 6.01. The van der Waals surface area contributed by atoms with Gasteiger partial charge in [-0.2, -0.15) is 17.6 Å². The van der Waals surface area contributed by atoms with E-state index < -0.39 is 53.1 Å². The number of carboxylic acids is 1. The smallest absolute Gasteiger partial charge is 0.417 e. The van der Waals surface area contributed by atoms with Gasteiger partial charge in [0.1, 0.15) is 0 Å². The maximum absolute atomic E-state index is 14.1. The van der Waals surface area contributed by atoms with E-state index in [-0.39, 0.29) is 12.2 Å². The summed E-state index contributed by atoms with van der Waals surface area (Å²) in [6.45, 7) is 3.31. The van der Waals surface area contributed by atoms with Crippen LogP contribution in [0, 0.1) is 17.6 Å². The molecule has 140 valence electrons. The lowest BCUT2D eigenvalue weighted by Crippen LogP contribution is -2.47. The molecular formula is C16H17F5O4. The summed E-state index contributed by atoms with van der Waals surface area (Å²) in [4.78, 5) is 11.5. The van der Waals surface area contributed by atoms with E-state index in [4.69, 9.17) is 9.47 Å². The van der Waals surface area contributed by atoms with Crippen molar-refractivity contribution < 1.29 is 41.3 Å². The van der Waals surface area contributed by atoms with Gasteiger partial charge in [0.25, 0.3) is 0 Å². The van der Waals surface area contributed by atoms with Gasteiger partial charge in [-0.3, -0.25) is 0 Å². The Labute approximate surface area is 140 Å². The highest BCUT2D eigenvalue weighted by Crippen LogP contribution is 2.54. The lowest BCUT2D eigenvalue weighted by atomic mass is 9.77. The minimum Gasteiger partial charge on any atom is -0.490 e. The molecule has 0 aliphatic carbocycles.